The van der Waals surface area contributed by atoms with Crippen LogP contribution < -0.4 is 0 Å². The minimum absolute atomic E-state index is 0.0458. The Balaban J connectivity index is 2.06. The third-order valence-electron chi connectivity index (χ3n) is 4.01. The average Bonchev–Trinajstić information content (AvgIpc) is 2.53. The monoisotopic (exact) mass is 308 g/mol. The van der Waals surface area contributed by atoms with Gasteiger partial charge < -0.3 is 4.90 Å². The van der Waals surface area contributed by atoms with Crippen LogP contribution in [0.5, 0.6) is 0 Å². The number of hydrogen-bond acceptors (Lipinski definition) is 5. The predicted molar refractivity (Wildman–Crippen MR) is 85.6 cm³/mol. The largest absolute Gasteiger partial charge is 0.336 e. The molecule has 1 aromatic rings. The number of carbonyl (C=O) groups is 1. The topological polar surface area (TPSA) is 49.3 Å². The fourth-order valence-electron chi connectivity index (χ4n) is 2.81. The van der Waals surface area contributed by atoms with Gasteiger partial charge in [-0.05, 0) is 26.5 Å². The lowest BCUT2D eigenvalue weighted by molar-refractivity contribution is 0.0371. The van der Waals surface area contributed by atoms with Crippen LogP contribution in [0.15, 0.2) is 17.6 Å². The van der Waals surface area contributed by atoms with E-state index in [1.54, 1.807) is 12.4 Å². The van der Waals surface area contributed by atoms with E-state index in [2.05, 4.69) is 35.6 Å². The van der Waals surface area contributed by atoms with E-state index in [0.29, 0.717) is 22.8 Å². The average molecular weight is 308 g/mol. The fourth-order valence-corrected chi connectivity index (χ4v) is 3.13. The molecule has 0 unspecified atom stereocenters. The highest BCUT2D eigenvalue weighted by Gasteiger charge is 2.30. The second-order valence-corrected chi connectivity index (χ2v) is 6.38. The zero-order chi connectivity index (χ0) is 15.4. The number of thioether (sulfide) groups is 1. The van der Waals surface area contributed by atoms with Crippen LogP contribution >= 0.6 is 11.8 Å². The third kappa shape index (κ3) is 3.74. The second kappa shape index (κ2) is 7.22. The first-order valence-corrected chi connectivity index (χ1v) is 8.70. The number of rotatable bonds is 4. The van der Waals surface area contributed by atoms with E-state index in [0.717, 1.165) is 26.1 Å². The van der Waals surface area contributed by atoms with Crippen molar-refractivity contribution in [3.8, 4) is 0 Å². The van der Waals surface area contributed by atoms with E-state index in [4.69, 9.17) is 0 Å². The SMILES string of the molecule is CC[C@@H]1CN(C(=O)c2cnc(SC)nc2)CCN1C(C)C. The van der Waals surface area contributed by atoms with E-state index < -0.39 is 0 Å². The van der Waals surface area contributed by atoms with Crippen molar-refractivity contribution >= 4 is 17.7 Å². The molecule has 0 aliphatic carbocycles. The third-order valence-corrected chi connectivity index (χ3v) is 4.58. The van der Waals surface area contributed by atoms with Crippen molar-refractivity contribution in [3.05, 3.63) is 18.0 Å². The number of amides is 1. The molecule has 1 fully saturated rings. The summed E-state index contributed by atoms with van der Waals surface area (Å²) in [7, 11) is 0. The van der Waals surface area contributed by atoms with Gasteiger partial charge in [0.2, 0.25) is 0 Å². The summed E-state index contributed by atoms with van der Waals surface area (Å²) in [6.07, 6.45) is 6.26. The smallest absolute Gasteiger partial charge is 0.257 e. The first-order valence-electron chi connectivity index (χ1n) is 7.47. The molecule has 1 amide bonds. The highest BCUT2D eigenvalue weighted by Crippen LogP contribution is 2.18. The Morgan fingerprint density at radius 2 is 2.05 bits per heavy atom. The molecule has 5 nitrogen and oxygen atoms in total. The van der Waals surface area contributed by atoms with Crippen LogP contribution in [0.1, 0.15) is 37.6 Å². The molecule has 0 N–H and O–H groups in total. The summed E-state index contributed by atoms with van der Waals surface area (Å²) in [6, 6.07) is 0.963. The lowest BCUT2D eigenvalue weighted by Crippen LogP contribution is -2.56. The summed E-state index contributed by atoms with van der Waals surface area (Å²) in [6.45, 7) is 9.12. The maximum absolute atomic E-state index is 12.6. The van der Waals surface area contributed by atoms with Crippen LogP contribution in [-0.4, -0.2) is 63.6 Å². The van der Waals surface area contributed by atoms with Gasteiger partial charge in [0.05, 0.1) is 5.56 Å². The van der Waals surface area contributed by atoms with Crippen molar-refractivity contribution in [1.82, 2.24) is 19.8 Å². The number of aromatic nitrogens is 2. The van der Waals surface area contributed by atoms with Crippen LogP contribution in [-0.2, 0) is 0 Å². The molecule has 1 aromatic heterocycles. The Hall–Kier alpha value is -1.14. The lowest BCUT2D eigenvalue weighted by atomic mass is 10.1. The minimum atomic E-state index is 0.0458. The van der Waals surface area contributed by atoms with Crippen LogP contribution in [0.25, 0.3) is 0 Å². The normalized spacial score (nSPS) is 20.0. The van der Waals surface area contributed by atoms with Gasteiger partial charge in [0.1, 0.15) is 0 Å². The first-order chi connectivity index (χ1) is 10.1. The van der Waals surface area contributed by atoms with Gasteiger partial charge in [0.25, 0.3) is 5.91 Å². The van der Waals surface area contributed by atoms with E-state index in [9.17, 15) is 4.79 Å². The van der Waals surface area contributed by atoms with Gasteiger partial charge in [-0.15, -0.1) is 0 Å². The quantitative estimate of drug-likeness (QED) is 0.630. The number of piperazine rings is 1. The summed E-state index contributed by atoms with van der Waals surface area (Å²) in [5.74, 6) is 0.0458. The minimum Gasteiger partial charge on any atom is -0.336 e. The molecular formula is C15H24N4OS. The van der Waals surface area contributed by atoms with Crippen LogP contribution in [0, 0.1) is 0 Å². The first kappa shape index (κ1) is 16.2. The van der Waals surface area contributed by atoms with E-state index >= 15 is 0 Å². The molecule has 0 spiro atoms. The van der Waals surface area contributed by atoms with E-state index in [1.807, 2.05) is 11.2 Å². The van der Waals surface area contributed by atoms with Crippen LogP contribution in [0.3, 0.4) is 0 Å². The van der Waals surface area contributed by atoms with Gasteiger partial charge in [0, 0.05) is 44.1 Å². The van der Waals surface area contributed by atoms with Gasteiger partial charge >= 0.3 is 0 Å². The zero-order valence-electron chi connectivity index (χ0n) is 13.2. The summed E-state index contributed by atoms with van der Waals surface area (Å²) in [4.78, 5) is 25.4. The molecule has 1 aliphatic heterocycles. The highest BCUT2D eigenvalue weighted by atomic mass is 32.2. The van der Waals surface area contributed by atoms with Gasteiger partial charge in [0.15, 0.2) is 5.16 Å². The molecule has 116 valence electrons. The number of nitrogens with zero attached hydrogens (tertiary/aromatic N) is 4. The molecule has 1 aliphatic rings. The number of hydrogen-bond donors (Lipinski definition) is 0. The van der Waals surface area contributed by atoms with Crippen molar-refractivity contribution in [2.45, 2.75) is 44.4 Å². The van der Waals surface area contributed by atoms with Gasteiger partial charge in [-0.2, -0.15) is 0 Å². The maximum atomic E-state index is 12.6. The molecule has 0 bridgehead atoms. The molecule has 21 heavy (non-hydrogen) atoms. The maximum Gasteiger partial charge on any atom is 0.257 e. The Morgan fingerprint density at radius 3 is 2.57 bits per heavy atom. The number of carbonyl (C=O) groups excluding carboxylic acids is 1. The summed E-state index contributed by atoms with van der Waals surface area (Å²) in [5, 5.41) is 0.697. The van der Waals surface area contributed by atoms with Crippen molar-refractivity contribution in [2.75, 3.05) is 25.9 Å². The van der Waals surface area contributed by atoms with Crippen molar-refractivity contribution in [3.63, 3.8) is 0 Å². The Morgan fingerprint density at radius 1 is 1.38 bits per heavy atom. The standard InChI is InChI=1S/C15H24N4OS/c1-5-13-10-18(6-7-19(13)11(2)3)14(20)12-8-16-15(21-4)17-9-12/h8-9,11,13H,5-7,10H2,1-4H3/t13-/m1/s1. The summed E-state index contributed by atoms with van der Waals surface area (Å²) >= 11 is 1.48. The molecule has 6 heteroatoms. The van der Waals surface area contributed by atoms with Gasteiger partial charge in [-0.25, -0.2) is 9.97 Å². The predicted octanol–water partition coefficient (Wildman–Crippen LogP) is 2.14. The molecule has 0 radical (unpaired) electrons. The molecule has 0 aromatic carbocycles. The van der Waals surface area contributed by atoms with E-state index in [-0.39, 0.29) is 5.91 Å². The zero-order valence-corrected chi connectivity index (χ0v) is 14.1. The molecule has 2 rings (SSSR count). The van der Waals surface area contributed by atoms with Gasteiger partial charge in [-0.3, -0.25) is 9.69 Å². The molecule has 1 atom stereocenters. The molecular weight excluding hydrogens is 284 g/mol. The Labute approximate surface area is 131 Å². The van der Waals surface area contributed by atoms with Crippen molar-refractivity contribution in [2.24, 2.45) is 0 Å². The fraction of sp³-hybridized carbons (Fsp3) is 0.667. The van der Waals surface area contributed by atoms with E-state index in [1.165, 1.54) is 11.8 Å². The Kier molecular flexibility index (Phi) is 5.58. The molecule has 2 heterocycles. The summed E-state index contributed by atoms with van der Waals surface area (Å²) < 4.78 is 0. The van der Waals surface area contributed by atoms with Crippen molar-refractivity contribution < 1.29 is 4.79 Å². The summed E-state index contributed by atoms with van der Waals surface area (Å²) in [5.41, 5.74) is 0.584. The Bertz CT molecular complexity index is 477. The van der Waals surface area contributed by atoms with Crippen molar-refractivity contribution in [1.29, 1.82) is 0 Å². The second-order valence-electron chi connectivity index (χ2n) is 5.60. The lowest BCUT2D eigenvalue weighted by Gasteiger charge is -2.43. The van der Waals surface area contributed by atoms with Crippen LogP contribution in [0.2, 0.25) is 0 Å². The van der Waals surface area contributed by atoms with Gasteiger partial charge in [-0.1, -0.05) is 18.7 Å². The molecule has 0 saturated carbocycles. The van der Waals surface area contributed by atoms with Crippen LogP contribution in [0.4, 0.5) is 0 Å². The highest BCUT2D eigenvalue weighted by molar-refractivity contribution is 7.98. The molecule has 1 saturated heterocycles.